The van der Waals surface area contributed by atoms with Crippen LogP contribution in [0, 0.1) is 23.6 Å². The second-order valence-electron chi connectivity index (χ2n) is 6.06. The number of fused-ring (bicyclic) bond motifs is 2. The van der Waals surface area contributed by atoms with E-state index in [2.05, 4.69) is 0 Å². The molecule has 1 aromatic rings. The van der Waals surface area contributed by atoms with Crippen LogP contribution in [0.25, 0.3) is 0 Å². The lowest BCUT2D eigenvalue weighted by atomic mass is 9.89. The smallest absolute Gasteiger partial charge is 0.162 e. The van der Waals surface area contributed by atoms with E-state index in [9.17, 15) is 9.18 Å². The molecule has 0 spiro atoms. The number of carbonyl (C=O) groups is 1. The van der Waals surface area contributed by atoms with Crippen LogP contribution in [-0.4, -0.2) is 12.4 Å². The molecule has 20 heavy (non-hydrogen) atoms. The van der Waals surface area contributed by atoms with Gasteiger partial charge in [0.1, 0.15) is 11.6 Å². The van der Waals surface area contributed by atoms with Gasteiger partial charge in [0, 0.05) is 6.07 Å². The standard InChI is InChI=1S/C16H18ClFO2/c1-9(19)13-6-14(17)16(7-15(13)18)20-8-12-5-10-2-3-11(12)4-10/h6-7,10-12H,2-5,8H2,1H3. The summed E-state index contributed by atoms with van der Waals surface area (Å²) < 4.78 is 19.5. The van der Waals surface area contributed by atoms with E-state index in [4.69, 9.17) is 16.3 Å². The monoisotopic (exact) mass is 296 g/mol. The molecule has 0 N–H and O–H groups in total. The third-order valence-electron chi connectivity index (χ3n) is 4.74. The van der Waals surface area contributed by atoms with Crippen molar-refractivity contribution in [3.63, 3.8) is 0 Å². The normalized spacial score (nSPS) is 27.9. The SMILES string of the molecule is CC(=O)c1cc(Cl)c(OCC2CC3CCC2C3)cc1F. The Hall–Kier alpha value is -1.09. The quantitative estimate of drug-likeness (QED) is 0.765. The van der Waals surface area contributed by atoms with Gasteiger partial charge in [-0.1, -0.05) is 18.0 Å². The van der Waals surface area contributed by atoms with Crippen molar-refractivity contribution >= 4 is 17.4 Å². The molecule has 2 bridgehead atoms. The van der Waals surface area contributed by atoms with Crippen molar-refractivity contribution in [2.75, 3.05) is 6.61 Å². The minimum absolute atomic E-state index is 0.0160. The maximum atomic E-state index is 13.8. The summed E-state index contributed by atoms with van der Waals surface area (Å²) in [5, 5.41) is 0.305. The molecule has 0 saturated heterocycles. The number of ether oxygens (including phenoxy) is 1. The Balaban J connectivity index is 1.68. The van der Waals surface area contributed by atoms with Gasteiger partial charge in [-0.2, -0.15) is 0 Å². The number of carbonyl (C=O) groups excluding carboxylic acids is 1. The van der Waals surface area contributed by atoms with Crippen LogP contribution in [0.1, 0.15) is 43.0 Å². The molecule has 2 aliphatic rings. The predicted molar refractivity (Wildman–Crippen MR) is 75.8 cm³/mol. The van der Waals surface area contributed by atoms with Crippen molar-refractivity contribution in [2.24, 2.45) is 17.8 Å². The average Bonchev–Trinajstić information content (AvgIpc) is 3.01. The molecule has 0 aromatic heterocycles. The summed E-state index contributed by atoms with van der Waals surface area (Å²) in [7, 11) is 0. The van der Waals surface area contributed by atoms with Gasteiger partial charge in [-0.15, -0.1) is 0 Å². The average molecular weight is 297 g/mol. The van der Waals surface area contributed by atoms with E-state index in [-0.39, 0.29) is 11.3 Å². The van der Waals surface area contributed by atoms with E-state index in [1.54, 1.807) is 0 Å². The highest BCUT2D eigenvalue weighted by Gasteiger charge is 2.39. The molecule has 3 atom stereocenters. The third-order valence-corrected chi connectivity index (χ3v) is 5.03. The summed E-state index contributed by atoms with van der Waals surface area (Å²) in [4.78, 5) is 11.2. The molecule has 0 radical (unpaired) electrons. The number of Topliss-reactive ketones (excluding diaryl/α,β-unsaturated/α-hetero) is 1. The van der Waals surface area contributed by atoms with E-state index < -0.39 is 5.82 Å². The third kappa shape index (κ3) is 2.56. The van der Waals surface area contributed by atoms with Crippen molar-refractivity contribution in [1.82, 2.24) is 0 Å². The summed E-state index contributed by atoms with van der Waals surface area (Å²) in [6.45, 7) is 1.92. The van der Waals surface area contributed by atoms with Gasteiger partial charge >= 0.3 is 0 Å². The van der Waals surface area contributed by atoms with Crippen molar-refractivity contribution < 1.29 is 13.9 Å². The number of hydrogen-bond acceptors (Lipinski definition) is 2. The first-order valence-electron chi connectivity index (χ1n) is 7.17. The van der Waals surface area contributed by atoms with Crippen LogP contribution in [0.5, 0.6) is 5.75 Å². The lowest BCUT2D eigenvalue weighted by Crippen LogP contribution is -2.18. The Labute approximate surface area is 123 Å². The van der Waals surface area contributed by atoms with Crippen LogP contribution in [0.15, 0.2) is 12.1 Å². The fourth-order valence-electron chi connectivity index (χ4n) is 3.69. The molecule has 0 aliphatic heterocycles. The van der Waals surface area contributed by atoms with Gasteiger partial charge in [0.2, 0.25) is 0 Å². The van der Waals surface area contributed by atoms with E-state index >= 15 is 0 Å². The van der Waals surface area contributed by atoms with Gasteiger partial charge in [0.25, 0.3) is 0 Å². The molecular formula is C16H18ClFO2. The molecule has 3 unspecified atom stereocenters. The molecule has 0 amide bonds. The van der Waals surface area contributed by atoms with Crippen LogP contribution >= 0.6 is 11.6 Å². The first kappa shape index (κ1) is 13.9. The van der Waals surface area contributed by atoms with Crippen molar-refractivity contribution in [1.29, 1.82) is 0 Å². The summed E-state index contributed by atoms with van der Waals surface area (Å²) in [5.41, 5.74) is 0.0160. The Morgan fingerprint density at radius 1 is 1.40 bits per heavy atom. The molecule has 108 valence electrons. The zero-order valence-corrected chi connectivity index (χ0v) is 12.3. The summed E-state index contributed by atoms with van der Waals surface area (Å²) >= 11 is 6.07. The zero-order valence-electron chi connectivity index (χ0n) is 11.5. The van der Waals surface area contributed by atoms with Crippen LogP contribution in [0.4, 0.5) is 4.39 Å². The maximum Gasteiger partial charge on any atom is 0.162 e. The molecular weight excluding hydrogens is 279 g/mol. The van der Waals surface area contributed by atoms with Gasteiger partial charge in [-0.25, -0.2) is 4.39 Å². The summed E-state index contributed by atoms with van der Waals surface area (Å²) in [6, 6.07) is 2.58. The van der Waals surface area contributed by atoms with Gasteiger partial charge in [0.15, 0.2) is 5.78 Å². The van der Waals surface area contributed by atoms with Crippen LogP contribution in [0.3, 0.4) is 0 Å². The van der Waals surface area contributed by atoms with Crippen molar-refractivity contribution in [3.8, 4) is 5.75 Å². The molecule has 2 saturated carbocycles. The van der Waals surface area contributed by atoms with E-state index in [0.29, 0.717) is 23.3 Å². The van der Waals surface area contributed by atoms with Gasteiger partial charge in [0.05, 0.1) is 17.2 Å². The van der Waals surface area contributed by atoms with Crippen LogP contribution in [-0.2, 0) is 0 Å². The van der Waals surface area contributed by atoms with Crippen LogP contribution in [0.2, 0.25) is 5.02 Å². The fraction of sp³-hybridized carbons (Fsp3) is 0.562. The first-order chi connectivity index (χ1) is 9.54. The van der Waals surface area contributed by atoms with E-state index in [0.717, 1.165) is 11.8 Å². The molecule has 1 aromatic carbocycles. The molecule has 4 heteroatoms. The summed E-state index contributed by atoms with van der Waals surface area (Å²) in [5.74, 6) is 1.65. The largest absolute Gasteiger partial charge is 0.492 e. The lowest BCUT2D eigenvalue weighted by Gasteiger charge is -2.22. The molecule has 2 fully saturated rings. The first-order valence-corrected chi connectivity index (χ1v) is 7.55. The Morgan fingerprint density at radius 2 is 2.20 bits per heavy atom. The Morgan fingerprint density at radius 3 is 2.80 bits per heavy atom. The number of ketones is 1. The Kier molecular flexibility index (Phi) is 3.72. The van der Waals surface area contributed by atoms with Gasteiger partial charge in [-0.3, -0.25) is 4.79 Å². The second-order valence-corrected chi connectivity index (χ2v) is 6.47. The van der Waals surface area contributed by atoms with Crippen LogP contribution < -0.4 is 4.74 Å². The minimum Gasteiger partial charge on any atom is -0.492 e. The van der Waals surface area contributed by atoms with E-state index in [1.807, 2.05) is 0 Å². The minimum atomic E-state index is -0.565. The zero-order chi connectivity index (χ0) is 14.3. The highest BCUT2D eigenvalue weighted by atomic mass is 35.5. The highest BCUT2D eigenvalue weighted by molar-refractivity contribution is 6.32. The second kappa shape index (κ2) is 5.36. The maximum absolute atomic E-state index is 13.8. The Bertz CT molecular complexity index is 544. The number of hydrogen-bond donors (Lipinski definition) is 0. The summed E-state index contributed by atoms with van der Waals surface area (Å²) in [6.07, 6.45) is 5.18. The van der Waals surface area contributed by atoms with Crippen molar-refractivity contribution in [3.05, 3.63) is 28.5 Å². The van der Waals surface area contributed by atoms with E-state index in [1.165, 1.54) is 44.7 Å². The predicted octanol–water partition coefficient (Wildman–Crippen LogP) is 4.50. The topological polar surface area (TPSA) is 26.3 Å². The molecule has 0 heterocycles. The number of halogens is 2. The van der Waals surface area contributed by atoms with Crippen molar-refractivity contribution in [2.45, 2.75) is 32.6 Å². The van der Waals surface area contributed by atoms with Gasteiger partial charge < -0.3 is 4.74 Å². The molecule has 2 aliphatic carbocycles. The molecule has 2 nitrogen and oxygen atoms in total. The lowest BCUT2D eigenvalue weighted by molar-refractivity contribution is 0.101. The number of benzene rings is 1. The number of rotatable bonds is 4. The van der Waals surface area contributed by atoms with Gasteiger partial charge in [-0.05, 0) is 50.0 Å². The molecule has 3 rings (SSSR count). The fourth-order valence-corrected chi connectivity index (χ4v) is 3.90. The highest BCUT2D eigenvalue weighted by Crippen LogP contribution is 2.48.